The van der Waals surface area contributed by atoms with Crippen molar-refractivity contribution in [1.82, 2.24) is 9.71 Å². The summed E-state index contributed by atoms with van der Waals surface area (Å²) in [5, 5.41) is 2.22. The number of hydrogen-bond acceptors (Lipinski definition) is 5. The highest BCUT2D eigenvalue weighted by molar-refractivity contribution is 9.10. The van der Waals surface area contributed by atoms with Gasteiger partial charge >= 0.3 is 0 Å². The zero-order chi connectivity index (χ0) is 14.8. The summed E-state index contributed by atoms with van der Waals surface area (Å²) < 4.78 is 27.6. The molecule has 5 nitrogen and oxygen atoms in total. The number of benzene rings is 1. The Morgan fingerprint density at radius 1 is 1.38 bits per heavy atom. The third-order valence-electron chi connectivity index (χ3n) is 2.56. The second-order valence-corrected chi connectivity index (χ2v) is 7.69. The number of sulfonamides is 1. The molecule has 21 heavy (non-hydrogen) atoms. The fraction of sp³-hybridized carbons (Fsp3) is 0.250. The number of halogens is 2. The summed E-state index contributed by atoms with van der Waals surface area (Å²) in [6.45, 7) is 1.95. The minimum Gasteiger partial charge on any atom is -0.329 e. The van der Waals surface area contributed by atoms with Gasteiger partial charge in [0.25, 0.3) is 10.0 Å². The highest BCUT2D eigenvalue weighted by Gasteiger charge is 2.20. The zero-order valence-electron chi connectivity index (χ0n) is 11.1. The summed E-state index contributed by atoms with van der Waals surface area (Å²) in [5.41, 5.74) is 6.30. The monoisotopic (exact) mass is 411 g/mol. The molecule has 9 heteroatoms. The van der Waals surface area contributed by atoms with Gasteiger partial charge in [-0.25, -0.2) is 18.1 Å². The van der Waals surface area contributed by atoms with Crippen LogP contribution in [0.25, 0.3) is 10.6 Å². The molecule has 0 aliphatic rings. The quantitative estimate of drug-likeness (QED) is 0.790. The largest absolute Gasteiger partial charge is 0.329 e. The molecule has 0 aliphatic heterocycles. The molecule has 116 valence electrons. The Morgan fingerprint density at radius 3 is 2.57 bits per heavy atom. The van der Waals surface area contributed by atoms with Crippen LogP contribution < -0.4 is 10.5 Å². The van der Waals surface area contributed by atoms with E-state index in [0.29, 0.717) is 5.01 Å². The Morgan fingerprint density at radius 2 is 2.00 bits per heavy atom. The van der Waals surface area contributed by atoms with Crippen LogP contribution in [-0.4, -0.2) is 26.0 Å². The van der Waals surface area contributed by atoms with Crippen molar-refractivity contribution < 1.29 is 8.42 Å². The molecule has 3 N–H and O–H groups in total. The van der Waals surface area contributed by atoms with Gasteiger partial charge in [0, 0.05) is 28.0 Å². The summed E-state index contributed by atoms with van der Waals surface area (Å²) in [6.07, 6.45) is 0. The summed E-state index contributed by atoms with van der Waals surface area (Å²) in [4.78, 5) is 4.18. The van der Waals surface area contributed by atoms with Crippen molar-refractivity contribution in [3.8, 4) is 10.6 Å². The molecular weight excluding hydrogens is 398 g/mol. The summed E-state index contributed by atoms with van der Waals surface area (Å²) in [6, 6.07) is 7.22. The molecule has 1 aromatic heterocycles. The molecule has 1 aromatic carbocycles. The van der Waals surface area contributed by atoms with Crippen LogP contribution in [-0.2, 0) is 10.0 Å². The Hall–Kier alpha value is -0.510. The molecule has 0 radical (unpaired) electrons. The molecule has 2 aromatic rings. The maximum atomic E-state index is 12.1. The number of nitrogens with one attached hydrogen (secondary N) is 1. The molecule has 0 amide bonds. The third-order valence-corrected chi connectivity index (χ3v) is 5.60. The van der Waals surface area contributed by atoms with Crippen molar-refractivity contribution in [2.75, 3.05) is 6.54 Å². The van der Waals surface area contributed by atoms with Gasteiger partial charge < -0.3 is 5.73 Å². The van der Waals surface area contributed by atoms with E-state index in [1.54, 1.807) is 6.92 Å². The second kappa shape index (κ2) is 7.66. The maximum absolute atomic E-state index is 12.1. The van der Waals surface area contributed by atoms with E-state index in [4.69, 9.17) is 5.73 Å². The number of thiazole rings is 1. The minimum atomic E-state index is -3.61. The predicted molar refractivity (Wildman–Crippen MR) is 91.3 cm³/mol. The standard InChI is InChI=1S/C12H14BrN3O2S2.ClH/c1-8(6-14)16-20(17,18)11-7-19-12(15-11)9-2-4-10(13)5-3-9;/h2-5,7-8,16H,6,14H2,1H3;1H/t8-;/m0./s1. The first-order valence-corrected chi connectivity index (χ1v) is 9.02. The Labute approximate surface area is 142 Å². The van der Waals surface area contributed by atoms with E-state index in [1.807, 2.05) is 24.3 Å². The lowest BCUT2D eigenvalue weighted by Crippen LogP contribution is -2.37. The molecule has 0 spiro atoms. The van der Waals surface area contributed by atoms with Crippen LogP contribution in [0.15, 0.2) is 39.1 Å². The molecular formula is C12H15BrClN3O2S2. The molecule has 1 atom stereocenters. The fourth-order valence-corrected chi connectivity index (χ4v) is 4.10. The van der Waals surface area contributed by atoms with E-state index in [2.05, 4.69) is 25.6 Å². The highest BCUT2D eigenvalue weighted by Crippen LogP contribution is 2.26. The van der Waals surface area contributed by atoms with Gasteiger partial charge in [0.2, 0.25) is 0 Å². The van der Waals surface area contributed by atoms with Gasteiger partial charge in [0.05, 0.1) is 0 Å². The normalized spacial score (nSPS) is 12.7. The third kappa shape index (κ3) is 4.73. The summed E-state index contributed by atoms with van der Waals surface area (Å²) >= 11 is 4.65. The van der Waals surface area contributed by atoms with Gasteiger partial charge in [-0.15, -0.1) is 23.7 Å². The molecule has 2 rings (SSSR count). The molecule has 0 bridgehead atoms. The Kier molecular flexibility index (Phi) is 6.76. The van der Waals surface area contributed by atoms with Crippen LogP contribution in [0.3, 0.4) is 0 Å². The zero-order valence-corrected chi connectivity index (χ0v) is 15.2. The Bertz CT molecular complexity index is 689. The van der Waals surface area contributed by atoms with Crippen LogP contribution >= 0.6 is 39.7 Å². The second-order valence-electron chi connectivity index (χ2n) is 4.26. The first kappa shape index (κ1) is 18.5. The molecule has 0 aliphatic carbocycles. The van der Waals surface area contributed by atoms with Gasteiger partial charge in [0.15, 0.2) is 5.03 Å². The molecule has 0 unspecified atom stereocenters. The maximum Gasteiger partial charge on any atom is 0.259 e. The van der Waals surface area contributed by atoms with E-state index in [1.165, 1.54) is 16.7 Å². The van der Waals surface area contributed by atoms with Crippen molar-refractivity contribution in [2.45, 2.75) is 18.0 Å². The molecule has 0 fully saturated rings. The van der Waals surface area contributed by atoms with Crippen LogP contribution in [0.2, 0.25) is 0 Å². The van der Waals surface area contributed by atoms with E-state index in [9.17, 15) is 8.42 Å². The van der Waals surface area contributed by atoms with Crippen molar-refractivity contribution in [2.24, 2.45) is 5.73 Å². The first-order chi connectivity index (χ1) is 9.42. The topological polar surface area (TPSA) is 85.1 Å². The van der Waals surface area contributed by atoms with Gasteiger partial charge in [-0.1, -0.05) is 28.1 Å². The first-order valence-electron chi connectivity index (χ1n) is 5.86. The van der Waals surface area contributed by atoms with Crippen LogP contribution in [0.5, 0.6) is 0 Å². The number of nitrogens with zero attached hydrogens (tertiary/aromatic N) is 1. The molecule has 0 saturated carbocycles. The van der Waals surface area contributed by atoms with Crippen LogP contribution in [0.4, 0.5) is 0 Å². The number of hydrogen-bond donors (Lipinski definition) is 2. The predicted octanol–water partition coefficient (Wildman–Crippen LogP) is 2.62. The SMILES string of the molecule is C[C@@H](CN)NS(=O)(=O)c1csc(-c2ccc(Br)cc2)n1.Cl. The average Bonchev–Trinajstić information content (AvgIpc) is 2.89. The van der Waals surface area contributed by atoms with Crippen LogP contribution in [0, 0.1) is 0 Å². The molecule has 1 heterocycles. The lowest BCUT2D eigenvalue weighted by atomic mass is 10.2. The summed E-state index contributed by atoms with van der Waals surface area (Å²) in [7, 11) is -3.61. The van der Waals surface area contributed by atoms with Gasteiger partial charge in [-0.05, 0) is 19.1 Å². The van der Waals surface area contributed by atoms with Crippen molar-refractivity contribution in [1.29, 1.82) is 0 Å². The average molecular weight is 413 g/mol. The Balaban J connectivity index is 0.00000220. The van der Waals surface area contributed by atoms with Gasteiger partial charge in [-0.2, -0.15) is 0 Å². The van der Waals surface area contributed by atoms with Crippen molar-refractivity contribution in [3.05, 3.63) is 34.1 Å². The molecule has 0 saturated heterocycles. The van der Waals surface area contributed by atoms with E-state index < -0.39 is 10.0 Å². The number of rotatable bonds is 5. The lowest BCUT2D eigenvalue weighted by Gasteiger charge is -2.09. The number of nitrogens with two attached hydrogens (primary N) is 1. The summed E-state index contributed by atoms with van der Waals surface area (Å²) in [5.74, 6) is 0. The van der Waals surface area contributed by atoms with Gasteiger partial charge in [-0.3, -0.25) is 0 Å². The van der Waals surface area contributed by atoms with E-state index in [0.717, 1.165) is 10.0 Å². The number of aromatic nitrogens is 1. The highest BCUT2D eigenvalue weighted by atomic mass is 79.9. The van der Waals surface area contributed by atoms with Gasteiger partial charge in [0.1, 0.15) is 5.01 Å². The van der Waals surface area contributed by atoms with Crippen molar-refractivity contribution in [3.63, 3.8) is 0 Å². The minimum absolute atomic E-state index is 0. The van der Waals surface area contributed by atoms with Crippen LogP contribution in [0.1, 0.15) is 6.92 Å². The lowest BCUT2D eigenvalue weighted by molar-refractivity contribution is 0.560. The van der Waals surface area contributed by atoms with Crippen molar-refractivity contribution >= 4 is 49.7 Å². The smallest absolute Gasteiger partial charge is 0.259 e. The van der Waals surface area contributed by atoms with E-state index in [-0.39, 0.29) is 30.0 Å². The van der Waals surface area contributed by atoms with E-state index >= 15 is 0 Å². The fourth-order valence-electron chi connectivity index (χ4n) is 1.48.